The fraction of sp³-hybridized carbons (Fsp3) is 0.500. The molecule has 1 atom stereocenters. The summed E-state index contributed by atoms with van der Waals surface area (Å²) in [4.78, 5) is 15.0. The molecule has 0 fully saturated rings. The third-order valence-electron chi connectivity index (χ3n) is 1.72. The number of nitrogens with zero attached hydrogens (tertiary/aromatic N) is 2. The van der Waals surface area contributed by atoms with Crippen molar-refractivity contribution in [2.24, 2.45) is 7.05 Å². The first-order chi connectivity index (χ1) is 6.11. The third-order valence-corrected chi connectivity index (χ3v) is 1.72. The number of aliphatic hydroxyl groups is 1. The molecular formula is C8H13N3O2. The number of hydrogen-bond donors (Lipinski definition) is 2. The molecule has 0 aliphatic rings. The van der Waals surface area contributed by atoms with Gasteiger partial charge in [0.05, 0.1) is 6.54 Å². The summed E-state index contributed by atoms with van der Waals surface area (Å²) < 4.78 is 1.81. The number of carbonyl (C=O) groups excluding carboxylic acids is 1. The number of amides is 1. The summed E-state index contributed by atoms with van der Waals surface area (Å²) in [7, 11) is 1.84. The van der Waals surface area contributed by atoms with E-state index in [1.807, 2.05) is 11.6 Å². The summed E-state index contributed by atoms with van der Waals surface area (Å²) in [6, 6.07) is 0. The van der Waals surface area contributed by atoms with Crippen LogP contribution in [0.2, 0.25) is 0 Å². The average Bonchev–Trinajstić information content (AvgIpc) is 2.47. The fourth-order valence-corrected chi connectivity index (χ4v) is 0.881. The van der Waals surface area contributed by atoms with E-state index >= 15 is 0 Å². The monoisotopic (exact) mass is 183 g/mol. The molecule has 72 valence electrons. The van der Waals surface area contributed by atoms with Gasteiger partial charge in [0.25, 0.3) is 0 Å². The van der Waals surface area contributed by atoms with Crippen molar-refractivity contribution in [2.45, 2.75) is 19.6 Å². The Hall–Kier alpha value is -1.36. The minimum absolute atomic E-state index is 0.341. The van der Waals surface area contributed by atoms with Crippen molar-refractivity contribution in [1.82, 2.24) is 14.9 Å². The van der Waals surface area contributed by atoms with Gasteiger partial charge in [-0.1, -0.05) is 0 Å². The number of rotatable bonds is 3. The van der Waals surface area contributed by atoms with E-state index in [4.69, 9.17) is 5.11 Å². The first-order valence-corrected chi connectivity index (χ1v) is 4.03. The number of carbonyl (C=O) groups is 1. The minimum Gasteiger partial charge on any atom is -0.384 e. The van der Waals surface area contributed by atoms with Crippen LogP contribution in [0.4, 0.5) is 0 Å². The molecule has 0 spiro atoms. The van der Waals surface area contributed by atoms with Crippen LogP contribution in [0.15, 0.2) is 12.4 Å². The van der Waals surface area contributed by atoms with Crippen LogP contribution < -0.4 is 5.32 Å². The zero-order valence-electron chi connectivity index (χ0n) is 7.69. The van der Waals surface area contributed by atoms with Crippen LogP contribution in [-0.2, 0) is 18.4 Å². The summed E-state index contributed by atoms with van der Waals surface area (Å²) >= 11 is 0. The lowest BCUT2D eigenvalue weighted by molar-refractivity contribution is -0.128. The quantitative estimate of drug-likeness (QED) is 0.658. The van der Waals surface area contributed by atoms with E-state index in [0.29, 0.717) is 6.54 Å². The lowest BCUT2D eigenvalue weighted by Gasteiger charge is -2.06. The van der Waals surface area contributed by atoms with E-state index in [2.05, 4.69) is 10.3 Å². The van der Waals surface area contributed by atoms with Crippen molar-refractivity contribution in [3.63, 3.8) is 0 Å². The zero-order valence-corrected chi connectivity index (χ0v) is 7.69. The van der Waals surface area contributed by atoms with Crippen LogP contribution in [0.25, 0.3) is 0 Å². The summed E-state index contributed by atoms with van der Waals surface area (Å²) in [6.45, 7) is 1.76. The molecule has 2 N–H and O–H groups in total. The summed E-state index contributed by atoms with van der Waals surface area (Å²) in [5.41, 5.74) is 0. The van der Waals surface area contributed by atoms with Gasteiger partial charge in [-0.15, -0.1) is 0 Å². The van der Waals surface area contributed by atoms with Crippen molar-refractivity contribution in [2.75, 3.05) is 0 Å². The molecule has 1 amide bonds. The highest BCUT2D eigenvalue weighted by Gasteiger charge is 2.08. The van der Waals surface area contributed by atoms with Crippen molar-refractivity contribution in [1.29, 1.82) is 0 Å². The molecule has 0 saturated heterocycles. The van der Waals surface area contributed by atoms with Crippen molar-refractivity contribution < 1.29 is 9.90 Å². The van der Waals surface area contributed by atoms with E-state index in [1.165, 1.54) is 6.92 Å². The highest BCUT2D eigenvalue weighted by molar-refractivity contribution is 5.79. The Morgan fingerprint density at radius 1 is 1.85 bits per heavy atom. The number of hydrogen-bond acceptors (Lipinski definition) is 3. The predicted octanol–water partition coefficient (Wildman–Crippen LogP) is -0.583. The number of aliphatic hydroxyl groups excluding tert-OH is 1. The highest BCUT2D eigenvalue weighted by Crippen LogP contribution is 1.93. The Balaban J connectivity index is 2.44. The van der Waals surface area contributed by atoms with E-state index in [-0.39, 0.29) is 5.91 Å². The largest absolute Gasteiger partial charge is 0.384 e. The second-order valence-corrected chi connectivity index (χ2v) is 2.85. The first kappa shape index (κ1) is 9.73. The lowest BCUT2D eigenvalue weighted by atomic mass is 10.4. The summed E-state index contributed by atoms with van der Waals surface area (Å²) in [5, 5.41) is 11.4. The van der Waals surface area contributed by atoms with Gasteiger partial charge in [-0.3, -0.25) is 4.79 Å². The van der Waals surface area contributed by atoms with Crippen LogP contribution in [0.5, 0.6) is 0 Å². The molecule has 0 unspecified atom stereocenters. The molecule has 13 heavy (non-hydrogen) atoms. The molecule has 5 nitrogen and oxygen atoms in total. The highest BCUT2D eigenvalue weighted by atomic mass is 16.3. The molecule has 0 aliphatic heterocycles. The molecule has 1 aromatic rings. The normalized spacial score (nSPS) is 12.5. The number of aryl methyl sites for hydroxylation is 1. The first-order valence-electron chi connectivity index (χ1n) is 4.03. The molecule has 0 bridgehead atoms. The van der Waals surface area contributed by atoms with E-state index in [1.54, 1.807) is 12.4 Å². The molecule has 0 saturated carbocycles. The number of imidazole rings is 1. The smallest absolute Gasteiger partial charge is 0.248 e. The van der Waals surface area contributed by atoms with Crippen LogP contribution >= 0.6 is 0 Å². The Labute approximate surface area is 76.4 Å². The minimum atomic E-state index is -0.972. The Morgan fingerprint density at radius 3 is 3.00 bits per heavy atom. The maximum Gasteiger partial charge on any atom is 0.248 e. The van der Waals surface area contributed by atoms with Gasteiger partial charge in [0.1, 0.15) is 11.9 Å². The second kappa shape index (κ2) is 4.04. The van der Waals surface area contributed by atoms with Crippen LogP contribution in [0.3, 0.4) is 0 Å². The maximum absolute atomic E-state index is 11.0. The number of nitrogens with one attached hydrogen (secondary N) is 1. The van der Waals surface area contributed by atoms with Crippen molar-refractivity contribution in [3.8, 4) is 0 Å². The van der Waals surface area contributed by atoms with Gasteiger partial charge in [-0.05, 0) is 6.92 Å². The van der Waals surface area contributed by atoms with Gasteiger partial charge in [0, 0.05) is 19.4 Å². The van der Waals surface area contributed by atoms with Crippen molar-refractivity contribution >= 4 is 5.91 Å². The van der Waals surface area contributed by atoms with E-state index < -0.39 is 6.10 Å². The molecule has 1 heterocycles. The third kappa shape index (κ3) is 2.55. The topological polar surface area (TPSA) is 67.2 Å². The predicted molar refractivity (Wildman–Crippen MR) is 46.7 cm³/mol. The number of aromatic nitrogens is 2. The summed E-state index contributed by atoms with van der Waals surface area (Å²) in [6.07, 6.45) is 2.48. The maximum atomic E-state index is 11.0. The Morgan fingerprint density at radius 2 is 2.54 bits per heavy atom. The molecule has 0 aliphatic carbocycles. The van der Waals surface area contributed by atoms with E-state index in [0.717, 1.165) is 5.82 Å². The second-order valence-electron chi connectivity index (χ2n) is 2.85. The standard InChI is InChI=1S/C8H13N3O2/c1-6(12)8(13)10-5-7-9-3-4-11(7)2/h3-4,6,12H,5H2,1-2H3,(H,10,13)/t6-/m0/s1. The lowest BCUT2D eigenvalue weighted by Crippen LogP contribution is -2.32. The fourth-order valence-electron chi connectivity index (χ4n) is 0.881. The van der Waals surface area contributed by atoms with Gasteiger partial charge < -0.3 is 15.0 Å². The molecule has 5 heteroatoms. The van der Waals surface area contributed by atoms with E-state index in [9.17, 15) is 4.79 Å². The summed E-state index contributed by atoms with van der Waals surface area (Å²) in [5.74, 6) is 0.372. The molecule has 1 aromatic heterocycles. The molecule has 0 aromatic carbocycles. The van der Waals surface area contributed by atoms with Gasteiger partial charge >= 0.3 is 0 Å². The zero-order chi connectivity index (χ0) is 9.84. The van der Waals surface area contributed by atoms with Gasteiger partial charge in [0.2, 0.25) is 5.91 Å². The molecule has 0 radical (unpaired) electrons. The molecular weight excluding hydrogens is 170 g/mol. The Kier molecular flexibility index (Phi) is 3.02. The van der Waals surface area contributed by atoms with Crippen LogP contribution in [-0.4, -0.2) is 26.7 Å². The van der Waals surface area contributed by atoms with Gasteiger partial charge in [0.15, 0.2) is 0 Å². The van der Waals surface area contributed by atoms with Crippen LogP contribution in [0.1, 0.15) is 12.7 Å². The average molecular weight is 183 g/mol. The van der Waals surface area contributed by atoms with Crippen LogP contribution in [0, 0.1) is 0 Å². The van der Waals surface area contributed by atoms with Gasteiger partial charge in [-0.2, -0.15) is 0 Å². The van der Waals surface area contributed by atoms with Crippen molar-refractivity contribution in [3.05, 3.63) is 18.2 Å². The molecule has 1 rings (SSSR count). The van der Waals surface area contributed by atoms with Gasteiger partial charge in [-0.25, -0.2) is 4.98 Å². The SMILES string of the molecule is C[C@H](O)C(=O)NCc1nccn1C. The Bertz CT molecular complexity index is 293.